The minimum Gasteiger partial charge on any atom is -0.457 e. The van der Waals surface area contributed by atoms with Gasteiger partial charge in [0.1, 0.15) is 5.76 Å². The molecule has 15 heavy (non-hydrogen) atoms. The molecule has 80 valence electrons. The Morgan fingerprint density at radius 2 is 2.20 bits per heavy atom. The van der Waals surface area contributed by atoms with Crippen molar-refractivity contribution in [3.8, 4) is 0 Å². The zero-order chi connectivity index (χ0) is 10.6. The number of rotatable bonds is 0. The molecule has 2 atom stereocenters. The van der Waals surface area contributed by atoms with Gasteiger partial charge in [-0.2, -0.15) is 0 Å². The molecule has 0 amide bonds. The number of carbonyl (C=O) groups excluding carboxylic acids is 1. The summed E-state index contributed by atoms with van der Waals surface area (Å²) in [5.74, 6) is 1.32. The van der Waals surface area contributed by atoms with Crippen LogP contribution in [0.15, 0.2) is 23.2 Å². The van der Waals surface area contributed by atoms with Crippen molar-refractivity contribution in [3.63, 3.8) is 0 Å². The van der Waals surface area contributed by atoms with E-state index in [0.29, 0.717) is 6.42 Å². The van der Waals surface area contributed by atoms with Crippen molar-refractivity contribution in [2.45, 2.75) is 38.9 Å². The molecule has 0 radical (unpaired) electrons. The van der Waals surface area contributed by atoms with Gasteiger partial charge < -0.3 is 9.47 Å². The first-order valence-corrected chi connectivity index (χ1v) is 5.43. The molecule has 3 nitrogen and oxygen atoms in total. The molecular weight excluding hydrogens is 192 g/mol. The third kappa shape index (κ3) is 1.09. The van der Waals surface area contributed by atoms with Crippen LogP contribution in [-0.2, 0) is 14.3 Å². The Morgan fingerprint density at radius 1 is 1.40 bits per heavy atom. The number of ether oxygens (including phenoxy) is 2. The third-order valence-electron chi connectivity index (χ3n) is 3.38. The van der Waals surface area contributed by atoms with Crippen LogP contribution in [0.3, 0.4) is 0 Å². The molecule has 0 fully saturated rings. The predicted octanol–water partition coefficient (Wildman–Crippen LogP) is 2.29. The van der Waals surface area contributed by atoms with Gasteiger partial charge in [0.2, 0.25) is 0 Å². The van der Waals surface area contributed by atoms with Crippen LogP contribution in [0.5, 0.6) is 0 Å². The second kappa shape index (κ2) is 2.65. The number of ketones is 1. The molecule has 0 bridgehead atoms. The lowest BCUT2D eigenvalue weighted by atomic mass is 9.86. The van der Waals surface area contributed by atoms with Gasteiger partial charge in [-0.3, -0.25) is 4.79 Å². The number of fused-ring (bicyclic) bond motifs is 2. The van der Waals surface area contributed by atoms with E-state index in [9.17, 15) is 4.79 Å². The molecule has 3 heteroatoms. The smallest absolute Gasteiger partial charge is 0.258 e. The van der Waals surface area contributed by atoms with Crippen molar-refractivity contribution in [1.29, 1.82) is 0 Å². The average molecular weight is 206 g/mol. The summed E-state index contributed by atoms with van der Waals surface area (Å²) >= 11 is 0. The summed E-state index contributed by atoms with van der Waals surface area (Å²) in [6, 6.07) is 0. The summed E-state index contributed by atoms with van der Waals surface area (Å²) < 4.78 is 11.5. The standard InChI is InChI=1S/C12H14O3/c1-7-6-8-11-9(13)4-3-5-10(11)15-12(8,2)14-7/h6,8H,3-5H2,1-2H3/t8-,12+/m0/s1. The fraction of sp³-hybridized carbons (Fsp3) is 0.583. The molecule has 0 aromatic heterocycles. The topological polar surface area (TPSA) is 35.5 Å². The first kappa shape index (κ1) is 9.01. The Hall–Kier alpha value is -1.25. The Kier molecular flexibility index (Phi) is 1.59. The minimum absolute atomic E-state index is 0.0142. The number of allylic oxidation sites excluding steroid dienone is 2. The van der Waals surface area contributed by atoms with Crippen LogP contribution in [0, 0.1) is 5.92 Å². The highest BCUT2D eigenvalue weighted by Gasteiger charge is 2.53. The highest BCUT2D eigenvalue weighted by molar-refractivity contribution is 5.98. The molecule has 0 spiro atoms. The van der Waals surface area contributed by atoms with E-state index >= 15 is 0 Å². The van der Waals surface area contributed by atoms with Gasteiger partial charge in [-0.1, -0.05) is 0 Å². The normalized spacial score (nSPS) is 38.1. The van der Waals surface area contributed by atoms with E-state index in [-0.39, 0.29) is 11.7 Å². The molecule has 0 saturated heterocycles. The molecule has 0 unspecified atom stereocenters. The summed E-state index contributed by atoms with van der Waals surface area (Å²) in [6.45, 7) is 3.82. The molecular formula is C12H14O3. The SMILES string of the molecule is CC1=C[C@H]2C3=C(CCCC3=O)O[C@@]2(C)O1. The molecule has 3 aliphatic rings. The van der Waals surface area contributed by atoms with E-state index in [0.717, 1.165) is 29.9 Å². The van der Waals surface area contributed by atoms with Crippen molar-refractivity contribution in [2.24, 2.45) is 5.92 Å². The van der Waals surface area contributed by atoms with E-state index in [1.165, 1.54) is 0 Å². The van der Waals surface area contributed by atoms with E-state index < -0.39 is 5.79 Å². The summed E-state index contributed by atoms with van der Waals surface area (Å²) in [6.07, 6.45) is 4.44. The Balaban J connectivity index is 2.06. The zero-order valence-corrected chi connectivity index (χ0v) is 9.00. The molecule has 0 aromatic carbocycles. The predicted molar refractivity (Wildman–Crippen MR) is 53.7 cm³/mol. The minimum atomic E-state index is -0.644. The van der Waals surface area contributed by atoms with E-state index in [1.54, 1.807) is 0 Å². The number of carbonyl (C=O) groups is 1. The van der Waals surface area contributed by atoms with Crippen molar-refractivity contribution in [2.75, 3.05) is 0 Å². The molecule has 2 heterocycles. The molecule has 2 aliphatic heterocycles. The van der Waals surface area contributed by atoms with Gasteiger partial charge in [-0.25, -0.2) is 0 Å². The maximum atomic E-state index is 11.8. The van der Waals surface area contributed by atoms with Gasteiger partial charge in [0.25, 0.3) is 5.79 Å². The van der Waals surface area contributed by atoms with E-state index in [1.807, 2.05) is 19.9 Å². The molecule has 1 aliphatic carbocycles. The number of hydrogen-bond donors (Lipinski definition) is 0. The Labute approximate surface area is 88.7 Å². The van der Waals surface area contributed by atoms with Crippen LogP contribution in [0.25, 0.3) is 0 Å². The second-order valence-corrected chi connectivity index (χ2v) is 4.59. The van der Waals surface area contributed by atoms with Crippen LogP contribution in [0.1, 0.15) is 33.1 Å². The van der Waals surface area contributed by atoms with Gasteiger partial charge >= 0.3 is 0 Å². The van der Waals surface area contributed by atoms with Crippen molar-refractivity contribution < 1.29 is 14.3 Å². The van der Waals surface area contributed by atoms with Gasteiger partial charge in [-0.15, -0.1) is 0 Å². The molecule has 3 rings (SSSR count). The fourth-order valence-electron chi connectivity index (χ4n) is 2.76. The average Bonchev–Trinajstić information content (AvgIpc) is 2.53. The lowest BCUT2D eigenvalue weighted by Gasteiger charge is -2.25. The molecule has 0 saturated carbocycles. The fourth-order valence-corrected chi connectivity index (χ4v) is 2.76. The Morgan fingerprint density at radius 3 is 3.00 bits per heavy atom. The van der Waals surface area contributed by atoms with Gasteiger partial charge in [-0.05, 0) is 19.4 Å². The second-order valence-electron chi connectivity index (χ2n) is 4.59. The van der Waals surface area contributed by atoms with Gasteiger partial charge in [0, 0.05) is 25.3 Å². The van der Waals surface area contributed by atoms with Crippen LogP contribution < -0.4 is 0 Å². The summed E-state index contributed by atoms with van der Waals surface area (Å²) in [7, 11) is 0. The Bertz CT molecular complexity index is 405. The number of Topliss-reactive ketones (excluding diaryl/α,β-unsaturated/α-hetero) is 1. The highest BCUT2D eigenvalue weighted by atomic mass is 16.7. The monoisotopic (exact) mass is 206 g/mol. The van der Waals surface area contributed by atoms with Gasteiger partial charge in [0.05, 0.1) is 11.7 Å². The highest BCUT2D eigenvalue weighted by Crippen LogP contribution is 2.49. The third-order valence-corrected chi connectivity index (χ3v) is 3.38. The first-order chi connectivity index (χ1) is 7.10. The van der Waals surface area contributed by atoms with E-state index in [4.69, 9.17) is 9.47 Å². The maximum absolute atomic E-state index is 11.8. The van der Waals surface area contributed by atoms with Crippen molar-refractivity contribution in [3.05, 3.63) is 23.2 Å². The van der Waals surface area contributed by atoms with Crippen molar-refractivity contribution in [1.82, 2.24) is 0 Å². The maximum Gasteiger partial charge on any atom is 0.258 e. The summed E-state index contributed by atoms with van der Waals surface area (Å²) in [4.78, 5) is 11.8. The van der Waals surface area contributed by atoms with Crippen LogP contribution in [0.2, 0.25) is 0 Å². The first-order valence-electron chi connectivity index (χ1n) is 5.43. The van der Waals surface area contributed by atoms with Crippen LogP contribution in [0.4, 0.5) is 0 Å². The van der Waals surface area contributed by atoms with Crippen LogP contribution in [-0.4, -0.2) is 11.6 Å². The van der Waals surface area contributed by atoms with Crippen LogP contribution >= 0.6 is 0 Å². The summed E-state index contributed by atoms with van der Waals surface area (Å²) in [5.41, 5.74) is 0.862. The number of hydrogen-bond acceptors (Lipinski definition) is 3. The largest absolute Gasteiger partial charge is 0.457 e. The quantitative estimate of drug-likeness (QED) is 0.610. The zero-order valence-electron chi connectivity index (χ0n) is 9.00. The molecule has 0 N–H and O–H groups in total. The lowest BCUT2D eigenvalue weighted by molar-refractivity contribution is -0.164. The summed E-state index contributed by atoms with van der Waals surface area (Å²) in [5, 5.41) is 0. The molecule has 0 aromatic rings. The lowest BCUT2D eigenvalue weighted by Crippen LogP contribution is -2.31. The van der Waals surface area contributed by atoms with E-state index in [2.05, 4.69) is 0 Å². The van der Waals surface area contributed by atoms with Gasteiger partial charge in [0.15, 0.2) is 5.78 Å². The van der Waals surface area contributed by atoms with Crippen molar-refractivity contribution >= 4 is 5.78 Å².